The molecule has 1 aromatic carbocycles. The predicted molar refractivity (Wildman–Crippen MR) is 109 cm³/mol. The first-order valence-corrected chi connectivity index (χ1v) is 11.4. The highest BCUT2D eigenvalue weighted by Crippen LogP contribution is 2.30. The summed E-state index contributed by atoms with van der Waals surface area (Å²) in [6, 6.07) is 8.33. The highest BCUT2D eigenvalue weighted by Gasteiger charge is 2.34. The van der Waals surface area contributed by atoms with Crippen molar-refractivity contribution in [2.24, 2.45) is 7.05 Å². The van der Waals surface area contributed by atoms with Gasteiger partial charge < -0.3 is 0 Å². The molecule has 150 valence electrons. The van der Waals surface area contributed by atoms with Crippen molar-refractivity contribution in [2.45, 2.75) is 23.8 Å². The summed E-state index contributed by atoms with van der Waals surface area (Å²) < 4.78 is 39.7. The van der Waals surface area contributed by atoms with Crippen LogP contribution < -0.4 is 5.69 Å². The number of benzene rings is 1. The largest absolute Gasteiger partial charge is 0.330 e. The van der Waals surface area contributed by atoms with E-state index in [0.29, 0.717) is 36.1 Å². The fourth-order valence-electron chi connectivity index (χ4n) is 4.00. The molecule has 0 N–H and O–H groups in total. The third-order valence-electron chi connectivity index (χ3n) is 5.44. The fraction of sp³-hybridized carbons (Fsp3) is 0.333. The van der Waals surface area contributed by atoms with Crippen LogP contribution >= 0.6 is 11.7 Å². The Morgan fingerprint density at radius 2 is 2.03 bits per heavy atom. The maximum atomic E-state index is 13.4. The zero-order chi connectivity index (χ0) is 20.2. The maximum absolute atomic E-state index is 13.4. The summed E-state index contributed by atoms with van der Waals surface area (Å²) in [7, 11) is -2.06. The minimum Gasteiger partial charge on any atom is -0.293 e. The Hall–Kier alpha value is -2.63. The molecule has 0 unspecified atom stereocenters. The third kappa shape index (κ3) is 2.80. The molecule has 0 bridgehead atoms. The van der Waals surface area contributed by atoms with Crippen LogP contribution in [0.15, 0.2) is 46.2 Å². The van der Waals surface area contributed by atoms with Crippen LogP contribution in [0.1, 0.15) is 18.9 Å². The van der Waals surface area contributed by atoms with E-state index in [1.54, 1.807) is 46.6 Å². The van der Waals surface area contributed by atoms with Crippen molar-refractivity contribution in [1.82, 2.24) is 27.2 Å². The van der Waals surface area contributed by atoms with Crippen molar-refractivity contribution in [1.29, 1.82) is 0 Å². The molecule has 0 aliphatic carbocycles. The van der Waals surface area contributed by atoms with E-state index in [0.717, 1.165) is 17.2 Å². The first kappa shape index (κ1) is 18.4. The Kier molecular flexibility index (Phi) is 4.26. The number of aromatic nitrogens is 5. The first-order chi connectivity index (χ1) is 14.0. The van der Waals surface area contributed by atoms with Gasteiger partial charge in [0.1, 0.15) is 15.9 Å². The minimum absolute atomic E-state index is 0.160. The van der Waals surface area contributed by atoms with E-state index in [4.69, 9.17) is 0 Å². The number of pyridine rings is 1. The molecule has 9 nitrogen and oxygen atoms in total. The van der Waals surface area contributed by atoms with Crippen LogP contribution in [0.5, 0.6) is 0 Å². The average molecular weight is 431 g/mol. The summed E-state index contributed by atoms with van der Waals surface area (Å²) in [6.45, 7) is 0.617. The molecule has 4 aromatic rings. The number of nitrogens with zero attached hydrogens (tertiary/aromatic N) is 6. The van der Waals surface area contributed by atoms with Gasteiger partial charge in [0.15, 0.2) is 5.65 Å². The van der Waals surface area contributed by atoms with Gasteiger partial charge in [-0.05, 0) is 37.1 Å². The number of fused-ring (bicyclic) bond motifs is 2. The van der Waals surface area contributed by atoms with E-state index < -0.39 is 10.0 Å². The van der Waals surface area contributed by atoms with Gasteiger partial charge in [-0.2, -0.15) is 13.1 Å². The van der Waals surface area contributed by atoms with Crippen LogP contribution in [0.25, 0.3) is 22.2 Å². The van der Waals surface area contributed by atoms with Gasteiger partial charge in [0.25, 0.3) is 0 Å². The van der Waals surface area contributed by atoms with Gasteiger partial charge in [-0.3, -0.25) is 9.13 Å². The van der Waals surface area contributed by atoms with Crippen LogP contribution in [0.2, 0.25) is 0 Å². The third-order valence-corrected chi connectivity index (χ3v) is 7.88. The van der Waals surface area contributed by atoms with Crippen molar-refractivity contribution in [2.75, 3.05) is 13.1 Å². The van der Waals surface area contributed by atoms with Crippen LogP contribution in [-0.4, -0.2) is 48.7 Å². The predicted octanol–water partition coefficient (Wildman–Crippen LogP) is 1.77. The lowest BCUT2D eigenvalue weighted by Gasteiger charge is -2.32. The maximum Gasteiger partial charge on any atom is 0.330 e. The lowest BCUT2D eigenvalue weighted by molar-refractivity contribution is 0.265. The molecule has 1 atom stereocenters. The Balaban J connectivity index is 1.56. The molecule has 1 aliphatic heterocycles. The summed E-state index contributed by atoms with van der Waals surface area (Å²) in [4.78, 5) is 17.4. The molecule has 5 rings (SSSR count). The molecule has 29 heavy (non-hydrogen) atoms. The van der Waals surface area contributed by atoms with Crippen molar-refractivity contribution < 1.29 is 8.42 Å². The first-order valence-electron chi connectivity index (χ1n) is 9.22. The van der Waals surface area contributed by atoms with Gasteiger partial charge in [0.2, 0.25) is 10.0 Å². The monoisotopic (exact) mass is 430 g/mol. The van der Waals surface area contributed by atoms with Gasteiger partial charge in [-0.15, -0.1) is 0 Å². The van der Waals surface area contributed by atoms with Gasteiger partial charge in [0, 0.05) is 26.3 Å². The lowest BCUT2D eigenvalue weighted by atomic mass is 10.1. The second-order valence-corrected chi connectivity index (χ2v) is 9.54. The molecule has 11 heteroatoms. The fourth-order valence-corrected chi connectivity index (χ4v) is 6.27. The Labute approximate surface area is 170 Å². The highest BCUT2D eigenvalue weighted by atomic mass is 32.2. The van der Waals surface area contributed by atoms with Gasteiger partial charge in [0.05, 0.1) is 23.3 Å². The van der Waals surface area contributed by atoms with Crippen molar-refractivity contribution in [3.8, 4) is 0 Å². The van der Waals surface area contributed by atoms with Crippen LogP contribution in [-0.2, 0) is 17.1 Å². The molecular formula is C18H18N6O3S2. The van der Waals surface area contributed by atoms with Crippen molar-refractivity contribution in [3.63, 3.8) is 0 Å². The normalized spacial score (nSPS) is 18.6. The Morgan fingerprint density at radius 1 is 1.17 bits per heavy atom. The lowest BCUT2D eigenvalue weighted by Crippen LogP contribution is -2.43. The standard InChI is InChI=1S/C18H18N6O3S2/c1-22-14-7-3-9-19-17(14)24(18(22)25)12-5-4-10-23(11-12)29(26,27)15-8-2-6-13-16(15)21-28-20-13/h2-3,6-9,12H,4-5,10-11H2,1H3/t12-/m0/s1. The van der Waals surface area contributed by atoms with Crippen molar-refractivity contribution in [3.05, 3.63) is 47.0 Å². The van der Waals surface area contributed by atoms with Gasteiger partial charge in [-0.1, -0.05) is 6.07 Å². The number of piperidine rings is 1. The molecule has 0 radical (unpaired) electrons. The number of rotatable bonds is 3. The van der Waals surface area contributed by atoms with Crippen LogP contribution in [0.3, 0.4) is 0 Å². The van der Waals surface area contributed by atoms with Crippen molar-refractivity contribution >= 4 is 43.9 Å². The quantitative estimate of drug-likeness (QED) is 0.491. The average Bonchev–Trinajstić information content (AvgIpc) is 3.31. The zero-order valence-corrected chi connectivity index (χ0v) is 17.2. The number of sulfonamides is 1. The Morgan fingerprint density at radius 3 is 2.90 bits per heavy atom. The van der Waals surface area contributed by atoms with E-state index >= 15 is 0 Å². The molecule has 1 saturated heterocycles. The van der Waals surface area contributed by atoms with E-state index in [1.165, 1.54) is 4.31 Å². The SMILES string of the molecule is Cn1c(=O)n([C@H]2CCCN(S(=O)(=O)c3cccc4nsnc34)C2)c2ncccc21. The van der Waals surface area contributed by atoms with E-state index in [2.05, 4.69) is 13.7 Å². The number of imidazole rings is 1. The van der Waals surface area contributed by atoms with Crippen LogP contribution in [0, 0.1) is 0 Å². The molecule has 1 aliphatic rings. The smallest absolute Gasteiger partial charge is 0.293 e. The number of hydrogen-bond acceptors (Lipinski definition) is 7. The molecule has 3 aromatic heterocycles. The molecule has 0 amide bonds. The van der Waals surface area contributed by atoms with E-state index in [9.17, 15) is 13.2 Å². The summed E-state index contributed by atoms with van der Waals surface area (Å²) in [6.07, 6.45) is 3.01. The number of aryl methyl sites for hydroxylation is 1. The van der Waals surface area contributed by atoms with E-state index in [1.807, 2.05) is 6.07 Å². The molecule has 1 fully saturated rings. The van der Waals surface area contributed by atoms with Gasteiger partial charge >= 0.3 is 5.69 Å². The topological polar surface area (TPSA) is 103 Å². The summed E-state index contributed by atoms with van der Waals surface area (Å²) in [5.41, 5.74) is 2.09. The molecule has 4 heterocycles. The number of hydrogen-bond donors (Lipinski definition) is 0. The molecule has 0 saturated carbocycles. The summed E-state index contributed by atoms with van der Waals surface area (Å²) in [5.74, 6) is 0. The minimum atomic E-state index is -3.76. The Bertz CT molecular complexity index is 1390. The van der Waals surface area contributed by atoms with Gasteiger partial charge in [-0.25, -0.2) is 18.2 Å². The van der Waals surface area contributed by atoms with Crippen LogP contribution in [0.4, 0.5) is 0 Å². The molecular weight excluding hydrogens is 412 g/mol. The molecule has 0 spiro atoms. The summed E-state index contributed by atoms with van der Waals surface area (Å²) in [5, 5.41) is 0. The summed E-state index contributed by atoms with van der Waals surface area (Å²) >= 11 is 0.994. The second kappa shape index (κ2) is 6.71. The zero-order valence-electron chi connectivity index (χ0n) is 15.6. The highest BCUT2D eigenvalue weighted by molar-refractivity contribution is 7.89. The van der Waals surface area contributed by atoms with E-state index in [-0.39, 0.29) is 23.2 Å². The second-order valence-electron chi connectivity index (χ2n) is 7.10.